The molecule has 0 nitrogen and oxygen atoms in total. The van der Waals surface area contributed by atoms with Crippen LogP contribution in [0.1, 0.15) is 162 Å². The van der Waals surface area contributed by atoms with Gasteiger partial charge in [-0.3, -0.25) is 0 Å². The van der Waals surface area contributed by atoms with Gasteiger partial charge in [0.25, 0.3) is 0 Å². The smallest absolute Gasteiger partial charge is 0.0386 e. The minimum atomic E-state index is 1.09. The van der Waals surface area contributed by atoms with Crippen molar-refractivity contribution in [1.82, 2.24) is 0 Å². The van der Waals surface area contributed by atoms with Gasteiger partial charge in [0, 0.05) is 0 Å². The first-order valence-corrected chi connectivity index (χ1v) is 14.3. The first-order valence-electron chi connectivity index (χ1n) is 14.3. The molecule has 172 valence electrons. The van der Waals surface area contributed by atoms with Crippen LogP contribution < -0.4 is 0 Å². The third-order valence-corrected chi connectivity index (χ3v) is 8.63. The van der Waals surface area contributed by atoms with Gasteiger partial charge in [-0.1, -0.05) is 136 Å². The number of hydrogen-bond acceptors (Lipinski definition) is 0. The molecule has 2 saturated carbocycles. The Labute approximate surface area is 185 Å². The van der Waals surface area contributed by atoms with E-state index >= 15 is 0 Å². The Morgan fingerprint density at radius 2 is 0.690 bits per heavy atom. The maximum Gasteiger partial charge on any atom is -0.0386 e. The van der Waals surface area contributed by atoms with Crippen molar-refractivity contribution in [3.8, 4) is 0 Å². The van der Waals surface area contributed by atoms with E-state index in [9.17, 15) is 0 Å². The van der Waals surface area contributed by atoms with Crippen LogP contribution in [0.25, 0.3) is 0 Å². The van der Waals surface area contributed by atoms with Crippen LogP contribution in [-0.2, 0) is 0 Å². The lowest BCUT2D eigenvalue weighted by atomic mass is 9.68. The first kappa shape index (κ1) is 25.3. The molecule has 0 bridgehead atoms. The van der Waals surface area contributed by atoms with Crippen molar-refractivity contribution in [2.75, 3.05) is 0 Å². The second-order valence-corrected chi connectivity index (χ2v) is 11.0. The van der Waals surface area contributed by atoms with Crippen LogP contribution in [0.2, 0.25) is 0 Å². The topological polar surface area (TPSA) is 0 Å². The van der Waals surface area contributed by atoms with Gasteiger partial charge in [-0.2, -0.15) is 0 Å². The maximum atomic E-state index is 2.32. The lowest BCUT2D eigenvalue weighted by Gasteiger charge is -2.38. The van der Waals surface area contributed by atoms with Crippen molar-refractivity contribution in [3.05, 3.63) is 0 Å². The van der Waals surface area contributed by atoms with Gasteiger partial charge in [0.2, 0.25) is 0 Å². The summed E-state index contributed by atoms with van der Waals surface area (Å²) in [5.74, 6) is 4.39. The van der Waals surface area contributed by atoms with E-state index in [0.717, 1.165) is 23.7 Å². The first-order chi connectivity index (χ1) is 14.3. The summed E-state index contributed by atoms with van der Waals surface area (Å²) in [5.41, 5.74) is 0. The average molecular weight is 405 g/mol. The normalized spacial score (nSPS) is 27.9. The van der Waals surface area contributed by atoms with Gasteiger partial charge in [0.05, 0.1) is 0 Å². The van der Waals surface area contributed by atoms with Crippen LogP contribution in [0, 0.1) is 23.7 Å². The molecule has 0 N–H and O–H groups in total. The minimum Gasteiger partial charge on any atom is -0.0654 e. The molecule has 0 radical (unpaired) electrons. The molecule has 0 heterocycles. The van der Waals surface area contributed by atoms with Crippen LogP contribution in [0.3, 0.4) is 0 Å². The van der Waals surface area contributed by atoms with Crippen LogP contribution in [0.4, 0.5) is 0 Å². The van der Waals surface area contributed by atoms with E-state index in [4.69, 9.17) is 0 Å². The van der Waals surface area contributed by atoms with Crippen molar-refractivity contribution in [2.24, 2.45) is 23.7 Å². The van der Waals surface area contributed by atoms with Gasteiger partial charge < -0.3 is 0 Å². The molecule has 2 aliphatic rings. The van der Waals surface area contributed by atoms with Crippen LogP contribution in [0.15, 0.2) is 0 Å². The van der Waals surface area contributed by atoms with Gasteiger partial charge in [-0.15, -0.1) is 0 Å². The standard InChI is InChI=1S/C29H56/c1-3-5-7-9-10-11-13-15-17-27-20-24-29(25-21-27)28-22-18-26(19-23-28)16-14-12-8-6-4-2/h26-29H,3-25H2,1-2H3/t26-,27-,28-,29-. The van der Waals surface area contributed by atoms with E-state index in [1.807, 2.05) is 0 Å². The Kier molecular flexibility index (Phi) is 14.5. The predicted molar refractivity (Wildman–Crippen MR) is 131 cm³/mol. The Balaban J connectivity index is 1.44. The third kappa shape index (κ3) is 11.3. The van der Waals surface area contributed by atoms with E-state index in [1.54, 1.807) is 64.2 Å². The average Bonchev–Trinajstić information content (AvgIpc) is 2.76. The highest BCUT2D eigenvalue weighted by Crippen LogP contribution is 2.43. The van der Waals surface area contributed by atoms with E-state index in [0.29, 0.717) is 0 Å². The maximum absolute atomic E-state index is 2.32. The molecule has 0 aromatic heterocycles. The van der Waals surface area contributed by atoms with E-state index < -0.39 is 0 Å². The molecule has 2 rings (SSSR count). The number of rotatable bonds is 16. The van der Waals surface area contributed by atoms with Gasteiger partial charge >= 0.3 is 0 Å². The zero-order chi connectivity index (χ0) is 20.6. The highest BCUT2D eigenvalue weighted by Gasteiger charge is 2.30. The summed E-state index contributed by atoms with van der Waals surface area (Å²) >= 11 is 0. The van der Waals surface area contributed by atoms with Gasteiger partial charge in [0.15, 0.2) is 0 Å². The molecular weight excluding hydrogens is 348 g/mol. The van der Waals surface area contributed by atoms with Crippen molar-refractivity contribution >= 4 is 0 Å². The van der Waals surface area contributed by atoms with Gasteiger partial charge in [-0.05, 0) is 49.4 Å². The molecule has 2 fully saturated rings. The Morgan fingerprint density at radius 3 is 1.03 bits per heavy atom. The second kappa shape index (κ2) is 16.7. The fourth-order valence-corrected chi connectivity index (χ4v) is 6.50. The largest absolute Gasteiger partial charge is 0.0654 e. The SMILES string of the molecule is CCCCCCCCCC[C@H]1CC[C@H]([C@H]2CC[C@H](CCCCCCC)CC2)CC1. The fraction of sp³-hybridized carbons (Fsp3) is 1.00. The summed E-state index contributed by atoms with van der Waals surface area (Å²) in [6.45, 7) is 4.64. The van der Waals surface area contributed by atoms with Crippen molar-refractivity contribution < 1.29 is 0 Å². The zero-order valence-corrected chi connectivity index (χ0v) is 20.6. The molecule has 0 saturated heterocycles. The van der Waals surface area contributed by atoms with E-state index in [2.05, 4.69) is 13.8 Å². The second-order valence-electron chi connectivity index (χ2n) is 11.0. The van der Waals surface area contributed by atoms with Crippen LogP contribution >= 0.6 is 0 Å². The Morgan fingerprint density at radius 1 is 0.379 bits per heavy atom. The highest BCUT2D eigenvalue weighted by molar-refractivity contribution is 4.82. The summed E-state index contributed by atoms with van der Waals surface area (Å²) in [7, 11) is 0. The Bertz CT molecular complexity index is 343. The molecule has 0 amide bonds. The summed E-state index contributed by atoms with van der Waals surface area (Å²) in [5, 5.41) is 0. The molecular formula is C29H56. The summed E-state index contributed by atoms with van der Waals surface area (Å²) < 4.78 is 0. The third-order valence-electron chi connectivity index (χ3n) is 8.63. The quantitative estimate of drug-likeness (QED) is 0.224. The molecule has 0 unspecified atom stereocenters. The molecule has 0 aliphatic heterocycles. The van der Waals surface area contributed by atoms with E-state index in [-0.39, 0.29) is 0 Å². The molecule has 2 aliphatic carbocycles. The van der Waals surface area contributed by atoms with Crippen LogP contribution in [0.5, 0.6) is 0 Å². The van der Waals surface area contributed by atoms with Crippen molar-refractivity contribution in [3.63, 3.8) is 0 Å². The lowest BCUT2D eigenvalue weighted by molar-refractivity contribution is 0.139. The molecule has 29 heavy (non-hydrogen) atoms. The molecule has 0 spiro atoms. The van der Waals surface area contributed by atoms with Gasteiger partial charge in [0.1, 0.15) is 0 Å². The number of hydrogen-bond donors (Lipinski definition) is 0. The summed E-state index contributed by atoms with van der Waals surface area (Å²) in [6.07, 6.45) is 34.8. The van der Waals surface area contributed by atoms with Crippen molar-refractivity contribution in [2.45, 2.75) is 162 Å². The van der Waals surface area contributed by atoms with Gasteiger partial charge in [-0.25, -0.2) is 0 Å². The molecule has 0 atom stereocenters. The summed E-state index contributed by atoms with van der Waals surface area (Å²) in [6, 6.07) is 0. The van der Waals surface area contributed by atoms with Crippen molar-refractivity contribution in [1.29, 1.82) is 0 Å². The Hall–Kier alpha value is 0. The fourth-order valence-electron chi connectivity index (χ4n) is 6.50. The summed E-state index contributed by atoms with van der Waals surface area (Å²) in [4.78, 5) is 0. The monoisotopic (exact) mass is 404 g/mol. The minimum absolute atomic E-state index is 1.09. The zero-order valence-electron chi connectivity index (χ0n) is 20.6. The number of unbranched alkanes of at least 4 members (excludes halogenated alkanes) is 11. The highest BCUT2D eigenvalue weighted by atomic mass is 14.4. The predicted octanol–water partition coefficient (Wildman–Crippen LogP) is 10.5. The lowest BCUT2D eigenvalue weighted by Crippen LogP contribution is -2.25. The van der Waals surface area contributed by atoms with Crippen LogP contribution in [-0.4, -0.2) is 0 Å². The van der Waals surface area contributed by atoms with E-state index in [1.165, 1.54) is 83.5 Å². The molecule has 0 aromatic carbocycles. The molecule has 0 aromatic rings. The molecule has 0 heteroatoms.